The monoisotopic (exact) mass is 289 g/mol. The van der Waals surface area contributed by atoms with Gasteiger partial charge in [0.1, 0.15) is 6.29 Å². The second kappa shape index (κ2) is 5.51. The molecule has 1 fully saturated rings. The topological polar surface area (TPSA) is 57.6 Å². The number of rotatable bonds is 5. The van der Waals surface area contributed by atoms with Gasteiger partial charge in [-0.2, -0.15) is 0 Å². The molecule has 1 aromatic carbocycles. The van der Waals surface area contributed by atoms with Gasteiger partial charge in [0.05, 0.1) is 0 Å². The van der Waals surface area contributed by atoms with Crippen LogP contribution in [0.3, 0.4) is 0 Å². The molecular weight excluding hydrogens is 266 g/mol. The highest BCUT2D eigenvalue weighted by Crippen LogP contribution is 2.53. The van der Waals surface area contributed by atoms with Gasteiger partial charge in [0.25, 0.3) is 0 Å². The van der Waals surface area contributed by atoms with Crippen LogP contribution in [0.25, 0.3) is 0 Å². The van der Waals surface area contributed by atoms with Gasteiger partial charge < -0.3 is 14.8 Å². The molecule has 0 unspecified atom stereocenters. The molecule has 114 valence electrons. The maximum absolute atomic E-state index is 11.5. The van der Waals surface area contributed by atoms with Crippen LogP contribution in [0.5, 0.6) is 0 Å². The van der Waals surface area contributed by atoms with Crippen molar-refractivity contribution in [3.63, 3.8) is 0 Å². The molecule has 1 aliphatic carbocycles. The Hall–Kier alpha value is -1.84. The first-order valence-corrected chi connectivity index (χ1v) is 7.27. The molecule has 1 amide bonds. The number of hydrogen-bond donors (Lipinski definition) is 1. The van der Waals surface area contributed by atoms with Crippen molar-refractivity contribution >= 4 is 12.4 Å². The minimum atomic E-state index is -0.920. The van der Waals surface area contributed by atoms with Gasteiger partial charge in [0, 0.05) is 24.4 Å². The first-order valence-electron chi connectivity index (χ1n) is 7.27. The summed E-state index contributed by atoms with van der Waals surface area (Å²) < 4.78 is 0. The third-order valence-corrected chi connectivity index (χ3v) is 4.06. The molecule has 4 nitrogen and oxygen atoms in total. The van der Waals surface area contributed by atoms with Crippen LogP contribution in [0.2, 0.25) is 0 Å². The zero-order valence-corrected chi connectivity index (χ0v) is 12.9. The summed E-state index contributed by atoms with van der Waals surface area (Å²) in [4.78, 5) is 24.2. The third-order valence-electron chi connectivity index (χ3n) is 4.06. The zero-order valence-electron chi connectivity index (χ0n) is 12.9. The van der Waals surface area contributed by atoms with Crippen LogP contribution in [0.4, 0.5) is 4.79 Å². The van der Waals surface area contributed by atoms with E-state index >= 15 is 0 Å². The highest BCUT2D eigenvalue weighted by atomic mass is 16.4. The standard InChI is InChI=1S/C17H23NO3/c1-16(2,3)11-18(15(20)21)12-17(9-14(17)10-19)13-7-5-4-6-8-13/h4-8,10,14H,9,11-12H2,1-3H3,(H,20,21)/t14-,17+/m0/s1. The van der Waals surface area contributed by atoms with E-state index in [1.807, 2.05) is 51.1 Å². The van der Waals surface area contributed by atoms with Gasteiger partial charge in [-0.1, -0.05) is 51.1 Å². The lowest BCUT2D eigenvalue weighted by Crippen LogP contribution is -2.42. The third kappa shape index (κ3) is 3.43. The van der Waals surface area contributed by atoms with Crippen LogP contribution < -0.4 is 0 Å². The number of amides is 1. The molecule has 1 saturated carbocycles. The molecule has 0 spiro atoms. The Morgan fingerprint density at radius 2 is 2.00 bits per heavy atom. The summed E-state index contributed by atoms with van der Waals surface area (Å²) in [6, 6.07) is 9.78. The Kier molecular flexibility index (Phi) is 4.08. The molecule has 0 aromatic heterocycles. The quantitative estimate of drug-likeness (QED) is 0.847. The first kappa shape index (κ1) is 15.5. The summed E-state index contributed by atoms with van der Waals surface area (Å²) in [5.41, 5.74) is 0.608. The fourth-order valence-electron chi connectivity index (χ4n) is 2.99. The van der Waals surface area contributed by atoms with E-state index in [9.17, 15) is 14.7 Å². The molecule has 1 aromatic rings. The van der Waals surface area contributed by atoms with Crippen molar-refractivity contribution in [1.82, 2.24) is 4.90 Å². The van der Waals surface area contributed by atoms with E-state index in [1.165, 1.54) is 4.90 Å². The van der Waals surface area contributed by atoms with E-state index in [4.69, 9.17) is 0 Å². The summed E-state index contributed by atoms with van der Waals surface area (Å²) in [5.74, 6) is -0.0817. The van der Waals surface area contributed by atoms with Gasteiger partial charge in [-0.15, -0.1) is 0 Å². The summed E-state index contributed by atoms with van der Waals surface area (Å²) in [5, 5.41) is 9.47. The first-order chi connectivity index (χ1) is 9.78. The molecule has 0 heterocycles. The van der Waals surface area contributed by atoms with Gasteiger partial charge in [-0.3, -0.25) is 0 Å². The second-order valence-electron chi connectivity index (χ2n) is 7.17. The smallest absolute Gasteiger partial charge is 0.407 e. The van der Waals surface area contributed by atoms with Gasteiger partial charge in [0.15, 0.2) is 0 Å². The maximum Gasteiger partial charge on any atom is 0.407 e. The van der Waals surface area contributed by atoms with E-state index in [0.717, 1.165) is 18.3 Å². The molecule has 4 heteroatoms. The van der Waals surface area contributed by atoms with Crippen LogP contribution in [0, 0.1) is 11.3 Å². The molecule has 2 atom stereocenters. The van der Waals surface area contributed by atoms with Crippen LogP contribution in [0.15, 0.2) is 30.3 Å². The van der Waals surface area contributed by atoms with Gasteiger partial charge >= 0.3 is 6.09 Å². The van der Waals surface area contributed by atoms with Crippen molar-refractivity contribution in [3.8, 4) is 0 Å². The fourth-order valence-corrected chi connectivity index (χ4v) is 2.99. The molecular formula is C17H23NO3. The number of carboxylic acid groups (broad SMARTS) is 1. The van der Waals surface area contributed by atoms with E-state index in [1.54, 1.807) is 0 Å². The summed E-state index contributed by atoms with van der Waals surface area (Å²) in [6.45, 7) is 6.89. The zero-order chi connectivity index (χ0) is 15.7. The normalized spacial score (nSPS) is 24.4. The minimum Gasteiger partial charge on any atom is -0.465 e. The van der Waals surface area contributed by atoms with Crippen molar-refractivity contribution in [2.45, 2.75) is 32.6 Å². The number of nitrogens with zero attached hydrogens (tertiary/aromatic N) is 1. The Labute approximate surface area is 125 Å². The van der Waals surface area contributed by atoms with E-state index in [2.05, 4.69) is 0 Å². The van der Waals surface area contributed by atoms with Gasteiger partial charge in [-0.05, 0) is 17.4 Å². The van der Waals surface area contributed by atoms with Crippen molar-refractivity contribution in [1.29, 1.82) is 0 Å². The molecule has 0 bridgehead atoms. The molecule has 0 radical (unpaired) electrons. The van der Waals surface area contributed by atoms with Crippen LogP contribution in [-0.2, 0) is 10.2 Å². The summed E-state index contributed by atoms with van der Waals surface area (Å²) >= 11 is 0. The Morgan fingerprint density at radius 1 is 1.38 bits per heavy atom. The van der Waals surface area contributed by atoms with Crippen molar-refractivity contribution < 1.29 is 14.7 Å². The Balaban J connectivity index is 2.24. The Bertz CT molecular complexity index is 521. The summed E-state index contributed by atoms with van der Waals surface area (Å²) in [6.07, 6.45) is 0.773. The van der Waals surface area contributed by atoms with Gasteiger partial charge in [0.2, 0.25) is 0 Å². The van der Waals surface area contributed by atoms with Crippen molar-refractivity contribution in [2.24, 2.45) is 11.3 Å². The van der Waals surface area contributed by atoms with Gasteiger partial charge in [-0.25, -0.2) is 4.79 Å². The predicted octanol–water partition coefficient (Wildman–Crippen LogP) is 3.17. The highest BCUT2D eigenvalue weighted by molar-refractivity contribution is 5.68. The SMILES string of the molecule is CC(C)(C)CN(C[C@@]1(c2ccccc2)C[C@H]1C=O)C(=O)O. The maximum atomic E-state index is 11.5. The minimum absolute atomic E-state index is 0.0817. The lowest BCUT2D eigenvalue weighted by atomic mass is 9.91. The number of hydrogen-bond acceptors (Lipinski definition) is 2. The predicted molar refractivity (Wildman–Crippen MR) is 81.3 cm³/mol. The van der Waals surface area contributed by atoms with Crippen LogP contribution >= 0.6 is 0 Å². The lowest BCUT2D eigenvalue weighted by Gasteiger charge is -2.31. The average Bonchev–Trinajstić information content (AvgIpc) is 3.12. The van der Waals surface area contributed by atoms with E-state index < -0.39 is 6.09 Å². The molecule has 2 rings (SSSR count). The van der Waals surface area contributed by atoms with Crippen molar-refractivity contribution in [3.05, 3.63) is 35.9 Å². The Morgan fingerprint density at radius 3 is 2.43 bits per heavy atom. The van der Waals surface area contributed by atoms with Crippen LogP contribution in [0.1, 0.15) is 32.8 Å². The number of carbonyl (C=O) groups is 2. The summed E-state index contributed by atoms with van der Waals surface area (Å²) in [7, 11) is 0. The number of aldehydes is 1. The number of carbonyl (C=O) groups excluding carboxylic acids is 1. The van der Waals surface area contributed by atoms with Crippen LogP contribution in [-0.4, -0.2) is 35.5 Å². The molecule has 21 heavy (non-hydrogen) atoms. The molecule has 0 aliphatic heterocycles. The molecule has 0 saturated heterocycles. The number of benzene rings is 1. The molecule has 1 aliphatic rings. The second-order valence-corrected chi connectivity index (χ2v) is 7.17. The van der Waals surface area contributed by atoms with Crippen molar-refractivity contribution in [2.75, 3.05) is 13.1 Å². The largest absolute Gasteiger partial charge is 0.465 e. The fraction of sp³-hybridized carbons (Fsp3) is 0.529. The van der Waals surface area contributed by atoms with E-state index in [0.29, 0.717) is 13.1 Å². The molecule has 1 N–H and O–H groups in total. The highest BCUT2D eigenvalue weighted by Gasteiger charge is 2.56. The van der Waals surface area contributed by atoms with E-state index in [-0.39, 0.29) is 16.7 Å². The average molecular weight is 289 g/mol. The lowest BCUT2D eigenvalue weighted by molar-refractivity contribution is -0.109.